The molecule has 0 unspecified atom stereocenters. The normalized spacial score (nSPS) is 10.3. The number of nitrogens with zero attached hydrogens (tertiary/aromatic N) is 2. The fourth-order valence-corrected chi connectivity index (χ4v) is 1.49. The van der Waals surface area contributed by atoms with Crippen LogP contribution < -0.4 is 0 Å². The van der Waals surface area contributed by atoms with Crippen molar-refractivity contribution in [1.29, 1.82) is 0 Å². The third kappa shape index (κ3) is 2.01. The molecule has 0 amide bonds. The van der Waals surface area contributed by atoms with E-state index >= 15 is 0 Å². The fraction of sp³-hybridized carbons (Fsp3) is 0.167. The highest BCUT2D eigenvalue weighted by Crippen LogP contribution is 2.10. The Hall–Kier alpha value is -1.94. The van der Waals surface area contributed by atoms with Gasteiger partial charge in [-0.25, -0.2) is 4.68 Å². The highest BCUT2D eigenvalue weighted by atomic mass is 16.5. The zero-order valence-corrected chi connectivity index (χ0v) is 8.96. The summed E-state index contributed by atoms with van der Waals surface area (Å²) in [6, 6.07) is 11.2. The van der Waals surface area contributed by atoms with E-state index in [1.54, 1.807) is 16.9 Å². The van der Waals surface area contributed by atoms with E-state index in [0.29, 0.717) is 5.69 Å². The van der Waals surface area contributed by atoms with Crippen molar-refractivity contribution in [3.05, 3.63) is 48.3 Å². The molecule has 0 aliphatic heterocycles. The number of Topliss-reactive ketones (excluding diaryl/α,β-unsaturated/α-hetero) is 1. The lowest BCUT2D eigenvalue weighted by molar-refractivity contribution is 0.0840. The predicted molar refractivity (Wildman–Crippen MR) is 59.8 cm³/mol. The van der Waals surface area contributed by atoms with E-state index in [2.05, 4.69) is 5.10 Å². The number of rotatable bonds is 4. The van der Waals surface area contributed by atoms with Crippen LogP contribution >= 0.6 is 0 Å². The van der Waals surface area contributed by atoms with E-state index in [9.17, 15) is 4.79 Å². The molecule has 0 N–H and O–H groups in total. The Labute approximate surface area is 93.5 Å². The summed E-state index contributed by atoms with van der Waals surface area (Å²) < 4.78 is 6.44. The zero-order valence-electron chi connectivity index (χ0n) is 8.96. The van der Waals surface area contributed by atoms with E-state index in [1.807, 2.05) is 30.3 Å². The largest absolute Gasteiger partial charge is 0.376 e. The first-order chi connectivity index (χ1) is 7.83. The van der Waals surface area contributed by atoms with E-state index in [0.717, 1.165) is 5.69 Å². The van der Waals surface area contributed by atoms with Gasteiger partial charge in [0.25, 0.3) is 0 Å². The summed E-state index contributed by atoms with van der Waals surface area (Å²) in [5, 5.41) is 4.13. The first-order valence-electron chi connectivity index (χ1n) is 4.94. The van der Waals surface area contributed by atoms with Gasteiger partial charge in [0.2, 0.25) is 5.78 Å². The zero-order chi connectivity index (χ0) is 11.4. The van der Waals surface area contributed by atoms with Gasteiger partial charge in [0.15, 0.2) is 0 Å². The van der Waals surface area contributed by atoms with Crippen LogP contribution in [0.2, 0.25) is 0 Å². The molecule has 2 rings (SSSR count). The molecular weight excluding hydrogens is 204 g/mol. The molecule has 0 bridgehead atoms. The summed E-state index contributed by atoms with van der Waals surface area (Å²) in [5.41, 5.74) is 1.40. The van der Waals surface area contributed by atoms with Gasteiger partial charge in [-0.3, -0.25) is 4.79 Å². The van der Waals surface area contributed by atoms with Crippen molar-refractivity contribution < 1.29 is 9.53 Å². The molecule has 0 saturated carbocycles. The number of methoxy groups -OCH3 is 1. The standard InChI is InChI=1S/C12H12N2O2/c1-16-9-12(15)11-7-8-13-14(11)10-5-3-2-4-6-10/h2-8H,9H2,1H3. The van der Waals surface area contributed by atoms with Gasteiger partial charge in [-0.05, 0) is 18.2 Å². The van der Waals surface area contributed by atoms with Gasteiger partial charge in [0.1, 0.15) is 12.3 Å². The summed E-state index contributed by atoms with van der Waals surface area (Å²) in [6.45, 7) is 0.0680. The predicted octanol–water partition coefficient (Wildman–Crippen LogP) is 1.70. The van der Waals surface area contributed by atoms with Crippen molar-refractivity contribution in [3.63, 3.8) is 0 Å². The highest BCUT2D eigenvalue weighted by Gasteiger charge is 2.12. The molecule has 82 valence electrons. The molecule has 1 heterocycles. The summed E-state index contributed by atoms with van der Waals surface area (Å²) in [5.74, 6) is -0.0798. The summed E-state index contributed by atoms with van der Waals surface area (Å²) >= 11 is 0. The lowest BCUT2D eigenvalue weighted by Gasteiger charge is -2.05. The number of ketones is 1. The average Bonchev–Trinajstić information content (AvgIpc) is 2.79. The first kappa shape index (κ1) is 10.6. The van der Waals surface area contributed by atoms with Crippen LogP contribution in [0.15, 0.2) is 42.6 Å². The molecule has 0 saturated heterocycles. The molecule has 0 atom stereocenters. The minimum Gasteiger partial charge on any atom is -0.376 e. The number of carbonyl (C=O) groups is 1. The Morgan fingerprint density at radius 1 is 1.31 bits per heavy atom. The van der Waals surface area contributed by atoms with E-state index in [1.165, 1.54) is 7.11 Å². The Balaban J connectivity index is 2.37. The maximum atomic E-state index is 11.7. The Morgan fingerprint density at radius 2 is 2.06 bits per heavy atom. The number of hydrogen-bond acceptors (Lipinski definition) is 3. The summed E-state index contributed by atoms with van der Waals surface area (Å²) in [4.78, 5) is 11.7. The van der Waals surface area contributed by atoms with Gasteiger partial charge in [0.05, 0.1) is 11.9 Å². The molecular formula is C12H12N2O2. The number of benzene rings is 1. The fourth-order valence-electron chi connectivity index (χ4n) is 1.49. The third-order valence-corrected chi connectivity index (χ3v) is 2.20. The van der Waals surface area contributed by atoms with Crippen molar-refractivity contribution in [1.82, 2.24) is 9.78 Å². The molecule has 1 aromatic heterocycles. The number of hydrogen-bond donors (Lipinski definition) is 0. The molecule has 4 heteroatoms. The van der Waals surface area contributed by atoms with Crippen LogP contribution in [0.3, 0.4) is 0 Å². The van der Waals surface area contributed by atoms with Gasteiger partial charge in [0, 0.05) is 7.11 Å². The van der Waals surface area contributed by atoms with E-state index < -0.39 is 0 Å². The van der Waals surface area contributed by atoms with Crippen molar-refractivity contribution in [2.45, 2.75) is 0 Å². The quantitative estimate of drug-likeness (QED) is 0.731. The topological polar surface area (TPSA) is 44.1 Å². The Bertz CT molecular complexity index is 477. The molecule has 4 nitrogen and oxygen atoms in total. The maximum absolute atomic E-state index is 11.7. The first-order valence-corrected chi connectivity index (χ1v) is 4.94. The van der Waals surface area contributed by atoms with Crippen molar-refractivity contribution in [2.75, 3.05) is 13.7 Å². The number of ether oxygens (including phenoxy) is 1. The summed E-state index contributed by atoms with van der Waals surface area (Å²) in [7, 11) is 1.50. The van der Waals surface area contributed by atoms with Gasteiger partial charge in [-0.15, -0.1) is 0 Å². The van der Waals surface area contributed by atoms with Crippen molar-refractivity contribution in [2.24, 2.45) is 0 Å². The Morgan fingerprint density at radius 3 is 2.75 bits per heavy atom. The van der Waals surface area contributed by atoms with E-state index in [4.69, 9.17) is 4.74 Å². The lowest BCUT2D eigenvalue weighted by Crippen LogP contribution is -2.13. The molecule has 0 fully saturated rings. The van der Waals surface area contributed by atoms with Crippen LogP contribution in [0.1, 0.15) is 10.5 Å². The number of aromatic nitrogens is 2. The summed E-state index contributed by atoms with van der Waals surface area (Å²) in [6.07, 6.45) is 1.61. The second kappa shape index (κ2) is 4.72. The molecule has 16 heavy (non-hydrogen) atoms. The average molecular weight is 216 g/mol. The molecule has 0 radical (unpaired) electrons. The highest BCUT2D eigenvalue weighted by molar-refractivity contribution is 5.96. The van der Waals surface area contributed by atoms with Crippen molar-refractivity contribution in [3.8, 4) is 5.69 Å². The molecule has 1 aromatic carbocycles. The SMILES string of the molecule is COCC(=O)c1ccnn1-c1ccccc1. The van der Waals surface area contributed by atoms with Gasteiger partial charge in [-0.2, -0.15) is 5.10 Å². The number of carbonyl (C=O) groups excluding carboxylic acids is 1. The van der Waals surface area contributed by atoms with Gasteiger partial charge in [-0.1, -0.05) is 18.2 Å². The van der Waals surface area contributed by atoms with Crippen LogP contribution in [-0.2, 0) is 4.74 Å². The van der Waals surface area contributed by atoms with Crippen LogP contribution in [0.5, 0.6) is 0 Å². The molecule has 0 aliphatic rings. The molecule has 0 aliphatic carbocycles. The van der Waals surface area contributed by atoms with Crippen LogP contribution in [0.4, 0.5) is 0 Å². The number of para-hydroxylation sites is 1. The third-order valence-electron chi connectivity index (χ3n) is 2.20. The smallest absolute Gasteiger partial charge is 0.206 e. The molecule has 2 aromatic rings. The van der Waals surface area contributed by atoms with Crippen LogP contribution in [-0.4, -0.2) is 29.3 Å². The van der Waals surface area contributed by atoms with E-state index in [-0.39, 0.29) is 12.4 Å². The van der Waals surface area contributed by atoms with Crippen molar-refractivity contribution >= 4 is 5.78 Å². The van der Waals surface area contributed by atoms with Crippen LogP contribution in [0.25, 0.3) is 5.69 Å². The second-order valence-electron chi connectivity index (χ2n) is 3.32. The van der Waals surface area contributed by atoms with Gasteiger partial charge >= 0.3 is 0 Å². The van der Waals surface area contributed by atoms with Gasteiger partial charge < -0.3 is 4.74 Å². The maximum Gasteiger partial charge on any atom is 0.206 e. The minimum absolute atomic E-state index is 0.0680. The Kier molecular flexibility index (Phi) is 3.12. The molecule has 0 spiro atoms. The van der Waals surface area contributed by atoms with Crippen LogP contribution in [0, 0.1) is 0 Å². The second-order valence-corrected chi connectivity index (χ2v) is 3.32. The lowest BCUT2D eigenvalue weighted by atomic mass is 10.2. The minimum atomic E-state index is -0.0798. The monoisotopic (exact) mass is 216 g/mol.